The Hall–Kier alpha value is -2.83. The number of rotatable bonds is 13. The first-order chi connectivity index (χ1) is 18.7. The molecule has 0 unspecified atom stereocenters. The summed E-state index contributed by atoms with van der Waals surface area (Å²) in [5.74, 6) is -0.199. The van der Waals surface area contributed by atoms with Crippen molar-refractivity contribution < 1.29 is 57.1 Å². The molecule has 0 spiro atoms. The van der Waals surface area contributed by atoms with Gasteiger partial charge in [0.2, 0.25) is 0 Å². The maximum atomic E-state index is 12.3. The number of esters is 1. The number of amides is 2. The largest absolute Gasteiger partial charge is 1.00 e. The van der Waals surface area contributed by atoms with Gasteiger partial charge in [-0.15, -0.1) is 0 Å². The van der Waals surface area contributed by atoms with Crippen LogP contribution in [0.15, 0.2) is 24.5 Å². The molecule has 2 aromatic rings. The van der Waals surface area contributed by atoms with Gasteiger partial charge in [-0.05, 0) is 47.0 Å². The van der Waals surface area contributed by atoms with Crippen LogP contribution in [0.1, 0.15) is 83.5 Å². The van der Waals surface area contributed by atoms with E-state index in [9.17, 15) is 14.4 Å². The maximum absolute atomic E-state index is 12.3. The van der Waals surface area contributed by atoms with Crippen molar-refractivity contribution in [2.45, 2.75) is 112 Å². The predicted octanol–water partition coefficient (Wildman–Crippen LogP) is 1.74. The summed E-state index contributed by atoms with van der Waals surface area (Å²) in [6.07, 6.45) is 7.90. The number of ether oxygens (including phenoxy) is 3. The van der Waals surface area contributed by atoms with E-state index >= 15 is 0 Å². The third-order valence-electron chi connectivity index (χ3n) is 6.42. The number of unbranched alkanes of at least 4 members (excludes halogenated alkanes) is 2. The number of alkyl carbamates (subject to hydrolysis) is 2. The van der Waals surface area contributed by atoms with Crippen molar-refractivity contribution >= 4 is 18.2 Å². The molecule has 2 amide bonds. The number of hydrogen-bond donors (Lipinski definition) is 2. The first kappa shape index (κ1) is 33.4. The SMILES string of the molecule is CCCCCC(=O)OC[n+]1ccc(-c2c(COC(=O)NC(C)C)c(COC(=O)NC(C)C)c3n2CCC3)cc1.[I-]. The van der Waals surface area contributed by atoms with E-state index in [2.05, 4.69) is 22.1 Å². The highest BCUT2D eigenvalue weighted by Crippen LogP contribution is 2.36. The Labute approximate surface area is 254 Å². The summed E-state index contributed by atoms with van der Waals surface area (Å²) in [6, 6.07) is 3.82. The summed E-state index contributed by atoms with van der Waals surface area (Å²) in [7, 11) is 0. The number of carbonyl (C=O) groups excluding carboxylic acids is 3. The molecule has 10 nitrogen and oxygen atoms in total. The van der Waals surface area contributed by atoms with Crippen molar-refractivity contribution in [3.05, 3.63) is 41.3 Å². The molecule has 0 bridgehead atoms. The lowest BCUT2D eigenvalue weighted by Gasteiger charge is -2.14. The van der Waals surface area contributed by atoms with Gasteiger partial charge >= 0.3 is 18.2 Å². The molecule has 3 heterocycles. The summed E-state index contributed by atoms with van der Waals surface area (Å²) in [6.45, 7) is 10.7. The molecular weight excluding hydrogens is 627 g/mol. The number of aromatic nitrogens is 2. The van der Waals surface area contributed by atoms with Crippen molar-refractivity contribution in [1.29, 1.82) is 0 Å². The Balaban J connectivity index is 0.00000560. The van der Waals surface area contributed by atoms with Crippen LogP contribution in [-0.2, 0) is 51.9 Å². The van der Waals surface area contributed by atoms with Crippen LogP contribution in [0.4, 0.5) is 9.59 Å². The van der Waals surface area contributed by atoms with Gasteiger partial charge in [0.05, 0.1) is 5.69 Å². The lowest BCUT2D eigenvalue weighted by atomic mass is 10.0. The minimum absolute atomic E-state index is 0. The normalized spacial score (nSPS) is 12.1. The average molecular weight is 671 g/mol. The second-order valence-electron chi connectivity index (χ2n) is 10.5. The molecule has 0 atom stereocenters. The highest BCUT2D eigenvalue weighted by molar-refractivity contribution is 5.71. The minimum atomic E-state index is -0.501. The van der Waals surface area contributed by atoms with Gasteiger partial charge in [0.25, 0.3) is 6.73 Å². The van der Waals surface area contributed by atoms with Crippen molar-refractivity contribution in [3.8, 4) is 11.3 Å². The van der Waals surface area contributed by atoms with Crippen LogP contribution in [0.5, 0.6) is 0 Å². The van der Waals surface area contributed by atoms with Gasteiger partial charge in [-0.2, -0.15) is 4.57 Å². The molecule has 0 saturated carbocycles. The molecule has 222 valence electrons. The summed E-state index contributed by atoms with van der Waals surface area (Å²) in [5, 5.41) is 5.50. The lowest BCUT2D eigenvalue weighted by Crippen LogP contribution is -3.00. The van der Waals surface area contributed by atoms with Crippen molar-refractivity contribution in [1.82, 2.24) is 15.2 Å². The zero-order valence-electron chi connectivity index (χ0n) is 24.3. The monoisotopic (exact) mass is 670 g/mol. The van der Waals surface area contributed by atoms with Gasteiger partial charge in [0, 0.05) is 59.6 Å². The standard InChI is InChI=1S/C29H42N4O6.HI/c1-6-7-8-11-26(34)39-19-32-15-12-22(13-16-32)27-24(18-38-29(36)31-21(4)5)23(25-10-9-14-33(25)27)17-37-28(35)30-20(2)3;/h12-13,15-16,20-21H,6-11,14,17-19H2,1-5H3,(H-,30,31,35,36);1H. The van der Waals surface area contributed by atoms with Crippen LogP contribution < -0.4 is 39.2 Å². The Morgan fingerprint density at radius 2 is 1.52 bits per heavy atom. The second kappa shape index (κ2) is 16.4. The van der Waals surface area contributed by atoms with Crippen molar-refractivity contribution in [2.24, 2.45) is 0 Å². The molecule has 0 aliphatic carbocycles. The number of pyridine rings is 1. The molecule has 2 aromatic heterocycles. The van der Waals surface area contributed by atoms with Gasteiger partial charge in [-0.3, -0.25) is 4.79 Å². The summed E-state index contributed by atoms with van der Waals surface area (Å²) in [4.78, 5) is 36.6. The highest BCUT2D eigenvalue weighted by atomic mass is 127. The number of nitrogens with zero attached hydrogens (tertiary/aromatic N) is 2. The Morgan fingerprint density at radius 1 is 0.925 bits per heavy atom. The molecule has 0 fully saturated rings. The van der Waals surface area contributed by atoms with Gasteiger partial charge in [-0.1, -0.05) is 19.8 Å². The molecule has 0 aromatic carbocycles. The zero-order valence-corrected chi connectivity index (χ0v) is 26.4. The Morgan fingerprint density at radius 3 is 2.10 bits per heavy atom. The van der Waals surface area contributed by atoms with E-state index in [0.717, 1.165) is 66.7 Å². The van der Waals surface area contributed by atoms with E-state index in [1.54, 1.807) is 0 Å². The lowest BCUT2D eigenvalue weighted by molar-refractivity contribution is -0.727. The fourth-order valence-electron chi connectivity index (χ4n) is 4.64. The average Bonchev–Trinajstić information content (AvgIpc) is 3.45. The van der Waals surface area contributed by atoms with Crippen molar-refractivity contribution in [3.63, 3.8) is 0 Å². The highest BCUT2D eigenvalue weighted by Gasteiger charge is 2.28. The second-order valence-corrected chi connectivity index (χ2v) is 10.5. The number of halogens is 1. The van der Waals surface area contributed by atoms with Crippen LogP contribution in [0.3, 0.4) is 0 Å². The number of fused-ring (bicyclic) bond motifs is 1. The molecule has 11 heteroatoms. The molecule has 1 aliphatic heterocycles. The molecule has 1 aliphatic rings. The summed E-state index contributed by atoms with van der Waals surface area (Å²) >= 11 is 0. The van der Waals surface area contributed by atoms with Crippen LogP contribution in [0.25, 0.3) is 11.3 Å². The minimum Gasteiger partial charge on any atom is -1.00 e. The van der Waals surface area contributed by atoms with E-state index in [-0.39, 0.29) is 62.0 Å². The third-order valence-corrected chi connectivity index (χ3v) is 6.42. The summed E-state index contributed by atoms with van der Waals surface area (Å²) in [5.41, 5.74) is 4.65. The van der Waals surface area contributed by atoms with Gasteiger partial charge < -0.3 is 53.4 Å². The van der Waals surface area contributed by atoms with E-state index in [0.29, 0.717) is 6.42 Å². The van der Waals surface area contributed by atoms with Gasteiger partial charge in [-0.25, -0.2) is 9.59 Å². The molecular formula is C29H43IN4O6. The molecule has 2 N–H and O–H groups in total. The van der Waals surface area contributed by atoms with Gasteiger partial charge in [0.1, 0.15) is 13.2 Å². The zero-order chi connectivity index (χ0) is 28.4. The number of carbonyl (C=O) groups is 3. The quantitative estimate of drug-likeness (QED) is 0.111. The number of nitrogens with one attached hydrogen (secondary N) is 2. The molecule has 3 rings (SSSR count). The molecule has 40 heavy (non-hydrogen) atoms. The maximum Gasteiger partial charge on any atom is 0.407 e. The smallest absolute Gasteiger partial charge is 0.407 e. The van der Waals surface area contributed by atoms with Crippen LogP contribution >= 0.6 is 0 Å². The third kappa shape index (κ3) is 9.67. The molecule has 0 saturated heterocycles. The van der Waals surface area contributed by atoms with Gasteiger partial charge in [0.15, 0.2) is 12.4 Å². The fourth-order valence-corrected chi connectivity index (χ4v) is 4.64. The first-order valence-corrected chi connectivity index (χ1v) is 13.9. The number of hydrogen-bond acceptors (Lipinski definition) is 6. The van der Waals surface area contributed by atoms with Crippen LogP contribution in [-0.4, -0.2) is 34.8 Å². The Kier molecular flexibility index (Phi) is 13.7. The first-order valence-electron chi connectivity index (χ1n) is 13.9. The Bertz CT molecular complexity index is 1130. The van der Waals surface area contributed by atoms with E-state index < -0.39 is 12.2 Å². The van der Waals surface area contributed by atoms with E-state index in [1.165, 1.54) is 0 Å². The topological polar surface area (TPSA) is 112 Å². The van der Waals surface area contributed by atoms with Crippen LogP contribution in [0.2, 0.25) is 0 Å². The van der Waals surface area contributed by atoms with E-state index in [1.807, 2.05) is 56.8 Å². The van der Waals surface area contributed by atoms with Crippen molar-refractivity contribution in [2.75, 3.05) is 0 Å². The molecule has 0 radical (unpaired) electrons. The fraction of sp³-hybridized carbons (Fsp3) is 0.586. The van der Waals surface area contributed by atoms with Crippen LogP contribution in [0, 0.1) is 0 Å². The van der Waals surface area contributed by atoms with E-state index in [4.69, 9.17) is 14.2 Å². The predicted molar refractivity (Wildman–Crippen MR) is 146 cm³/mol. The summed E-state index contributed by atoms with van der Waals surface area (Å²) < 4.78 is 20.6.